The molecule has 10 atom stereocenters. The lowest BCUT2D eigenvalue weighted by molar-refractivity contribution is -0.765. The van der Waals surface area contributed by atoms with Crippen molar-refractivity contribution in [1.82, 2.24) is 19.5 Å². The van der Waals surface area contributed by atoms with Crippen molar-refractivity contribution >= 4 is 44.5 Å². The number of hydrogen-bond acceptors (Lipinski definition) is 17. The third-order valence-corrected chi connectivity index (χ3v) is 9.53. The number of imidazole rings is 1. The Balaban J connectivity index is 1.18. The third-order valence-electron chi connectivity index (χ3n) is 6.93. The number of pyridine rings is 1. The smallest absolute Gasteiger partial charge is 0.387 e. The number of anilines is 1. The zero-order valence-corrected chi connectivity index (χ0v) is 25.3. The first-order valence-electron chi connectivity index (χ1n) is 13.2. The van der Waals surface area contributed by atoms with Gasteiger partial charge in [0.15, 0.2) is 36.2 Å². The van der Waals surface area contributed by atoms with Crippen molar-refractivity contribution in [3.63, 3.8) is 0 Å². The zero-order valence-electron chi connectivity index (χ0n) is 23.5. The number of ether oxygens (including phenoxy) is 2. The maximum absolute atomic E-state index is 12.5. The molecule has 0 spiro atoms. The van der Waals surface area contributed by atoms with E-state index in [2.05, 4.69) is 33.8 Å². The Morgan fingerprint density at radius 1 is 1.06 bits per heavy atom. The van der Waals surface area contributed by atoms with E-state index in [1.165, 1.54) is 29.1 Å². The minimum atomic E-state index is -5.43. The van der Waals surface area contributed by atoms with Crippen LogP contribution in [0.25, 0.3) is 21.6 Å². The Bertz CT molecular complexity index is 1810. The summed E-state index contributed by atoms with van der Waals surface area (Å²) < 4.78 is 52.0. The second-order valence-corrected chi connectivity index (χ2v) is 13.1. The minimum absolute atomic E-state index is 0.0374. The van der Waals surface area contributed by atoms with Crippen LogP contribution in [0.5, 0.6) is 0 Å². The van der Waals surface area contributed by atoms with Gasteiger partial charge < -0.3 is 51.2 Å². The highest BCUT2D eigenvalue weighted by Crippen LogP contribution is 2.60. The average Bonchev–Trinajstić information content (AvgIpc) is 3.64. The first-order chi connectivity index (χ1) is 22.1. The summed E-state index contributed by atoms with van der Waals surface area (Å²) in [5.74, 6) is -1.32. The number of carbonyl (C=O) groups excluding carboxylic acids is 1. The number of aliphatic hydroxyl groups excluding tert-OH is 4. The molecule has 3 aromatic heterocycles. The van der Waals surface area contributed by atoms with E-state index in [1.807, 2.05) is 0 Å². The number of nitrogens with two attached hydrogens (primary N) is 2. The highest BCUT2D eigenvalue weighted by Gasteiger charge is 2.50. The van der Waals surface area contributed by atoms with E-state index in [1.54, 1.807) is 0 Å². The number of azide groups is 1. The van der Waals surface area contributed by atoms with Crippen LogP contribution >= 0.6 is 15.6 Å². The fourth-order valence-corrected chi connectivity index (χ4v) is 6.81. The predicted molar refractivity (Wildman–Crippen MR) is 148 cm³/mol. The van der Waals surface area contributed by atoms with E-state index < -0.39 is 83.8 Å². The number of amides is 1. The van der Waals surface area contributed by atoms with E-state index in [4.69, 9.17) is 31.0 Å². The summed E-state index contributed by atoms with van der Waals surface area (Å²) in [7, 11) is -10.8. The Labute approximate surface area is 261 Å². The molecule has 2 fully saturated rings. The molecule has 0 aromatic carbocycles. The highest BCUT2D eigenvalue weighted by molar-refractivity contribution is 7.61. The summed E-state index contributed by atoms with van der Waals surface area (Å²) in [6, 6.07) is 2.81. The molecular weight excluding hydrogens is 678 g/mol. The van der Waals surface area contributed by atoms with Gasteiger partial charge in [0, 0.05) is 11.0 Å². The molecule has 2 aliphatic heterocycles. The van der Waals surface area contributed by atoms with Crippen molar-refractivity contribution < 1.29 is 71.5 Å². The first-order valence-corrected chi connectivity index (χ1v) is 16.1. The average molecular weight is 705 g/mol. The maximum Gasteiger partial charge on any atom is 0.481 e. The van der Waals surface area contributed by atoms with Crippen LogP contribution in [0.1, 0.15) is 22.8 Å². The van der Waals surface area contributed by atoms with E-state index in [9.17, 15) is 44.1 Å². The van der Waals surface area contributed by atoms with E-state index in [0.717, 1.165) is 10.9 Å². The number of phosphoric ester groups is 2. The third kappa shape index (κ3) is 7.41. The van der Waals surface area contributed by atoms with Gasteiger partial charge in [0.05, 0.1) is 19.5 Å². The monoisotopic (exact) mass is 705 g/mol. The Kier molecular flexibility index (Phi) is 9.89. The van der Waals surface area contributed by atoms with Crippen molar-refractivity contribution in [3.05, 3.63) is 46.9 Å². The number of carbonyl (C=O) groups is 1. The van der Waals surface area contributed by atoms with Crippen LogP contribution in [-0.2, 0) is 32.0 Å². The van der Waals surface area contributed by atoms with Crippen LogP contribution in [0.3, 0.4) is 0 Å². The van der Waals surface area contributed by atoms with Gasteiger partial charge in [0.1, 0.15) is 41.6 Å². The van der Waals surface area contributed by atoms with Crippen LogP contribution in [0, 0.1) is 0 Å². The van der Waals surface area contributed by atoms with Gasteiger partial charge in [0.25, 0.3) is 12.1 Å². The van der Waals surface area contributed by atoms with Crippen LogP contribution in [0.15, 0.2) is 36.0 Å². The largest absolute Gasteiger partial charge is 0.481 e. The SMILES string of the molecule is [N-]=[N+]=Nc1nc(N)c2ncn([C@@H]3O[C@H](COP(=O)(O)OP(=O)(O)OC[C@H]4O[C@@H]([n+]5cccc(C(N)=O)c5)[C@H](O)[C@@H]4O)[C@@H](O)[C@H]3O)c2n1. The van der Waals surface area contributed by atoms with Gasteiger partial charge in [-0.25, -0.2) is 24.1 Å². The molecular formula is C21H27N10O14P2+. The molecule has 0 radical (unpaired) electrons. The van der Waals surface area contributed by atoms with E-state index in [0.29, 0.717) is 0 Å². The molecule has 3 aromatic rings. The molecule has 1 amide bonds. The second-order valence-electron chi connectivity index (χ2n) is 10.0. The minimum Gasteiger partial charge on any atom is -0.387 e. The van der Waals surface area contributed by atoms with Crippen molar-refractivity contribution in [2.75, 3.05) is 18.9 Å². The number of fused-ring (bicyclic) bond motifs is 1. The fraction of sp³-hybridized carbons (Fsp3) is 0.476. The fourth-order valence-electron chi connectivity index (χ4n) is 4.72. The molecule has 24 nitrogen and oxygen atoms in total. The molecule has 10 N–H and O–H groups in total. The number of nitrogen functional groups attached to an aromatic ring is 1. The molecule has 0 bridgehead atoms. The van der Waals surface area contributed by atoms with Crippen LogP contribution in [0.4, 0.5) is 11.8 Å². The standard InChI is InChI=1S/C21H26N10O14P2/c22-16-11-18(27-21(26-16)28-29-24)31(7-25-11)20-15(35)13(33)10(44-20)6-42-47(39,40)45-46(37,38)41-5-9-12(32)14(34)19(43-9)30-3-1-2-8(4-30)17(23)36/h1-4,7,9-10,12-15,19-20,32-35H,5-6H2,(H5-,22,23,26,27,36,37,38,39,40)/p+1/t9-,10-,12-,13-,14-,15-,19-,20-/m1/s1. The van der Waals surface area contributed by atoms with Gasteiger partial charge in [-0.1, -0.05) is 0 Å². The van der Waals surface area contributed by atoms with Gasteiger partial charge >= 0.3 is 15.6 Å². The van der Waals surface area contributed by atoms with Gasteiger partial charge in [-0.2, -0.15) is 8.88 Å². The molecule has 26 heteroatoms. The van der Waals surface area contributed by atoms with Crippen LogP contribution in [-0.4, -0.2) is 105 Å². The molecule has 2 saturated heterocycles. The summed E-state index contributed by atoms with van der Waals surface area (Å²) in [4.78, 5) is 45.9. The Morgan fingerprint density at radius 3 is 2.34 bits per heavy atom. The normalized spacial score (nSPS) is 30.1. The topological polar surface area (TPSA) is 367 Å². The van der Waals surface area contributed by atoms with Crippen molar-refractivity contribution in [3.8, 4) is 0 Å². The summed E-state index contributed by atoms with van der Waals surface area (Å²) in [6.45, 7) is -1.89. The molecule has 2 aliphatic rings. The molecule has 47 heavy (non-hydrogen) atoms. The van der Waals surface area contributed by atoms with Crippen molar-refractivity contribution in [2.45, 2.75) is 49.1 Å². The number of nitrogens with zero attached hydrogens (tertiary/aromatic N) is 8. The van der Waals surface area contributed by atoms with E-state index >= 15 is 0 Å². The van der Waals surface area contributed by atoms with Crippen LogP contribution < -0.4 is 16.0 Å². The molecule has 2 unspecified atom stereocenters. The van der Waals surface area contributed by atoms with Crippen LogP contribution in [0.2, 0.25) is 0 Å². The Morgan fingerprint density at radius 2 is 1.70 bits per heavy atom. The van der Waals surface area contributed by atoms with Crippen molar-refractivity contribution in [1.29, 1.82) is 0 Å². The number of aromatic nitrogens is 5. The number of phosphoric acid groups is 2. The number of hydrogen-bond donors (Lipinski definition) is 8. The highest BCUT2D eigenvalue weighted by atomic mass is 31.3. The lowest BCUT2D eigenvalue weighted by Crippen LogP contribution is -2.46. The zero-order chi connectivity index (χ0) is 34.3. The lowest BCUT2D eigenvalue weighted by atomic mass is 10.1. The van der Waals surface area contributed by atoms with Gasteiger partial charge in [-0.3, -0.25) is 18.4 Å². The molecule has 0 saturated carbocycles. The number of aliphatic hydroxyl groups is 4. The summed E-state index contributed by atoms with van der Waals surface area (Å²) in [5.41, 5.74) is 19.7. The number of primary amides is 1. The number of rotatable bonds is 12. The second kappa shape index (κ2) is 13.4. The summed E-state index contributed by atoms with van der Waals surface area (Å²) in [6.07, 6.45) is -8.62. The van der Waals surface area contributed by atoms with Gasteiger partial charge in [-0.15, -0.1) is 0 Å². The summed E-state index contributed by atoms with van der Waals surface area (Å²) >= 11 is 0. The van der Waals surface area contributed by atoms with Crippen molar-refractivity contribution in [2.24, 2.45) is 10.8 Å². The Hall–Kier alpha value is -3.70. The molecule has 254 valence electrons. The summed E-state index contributed by atoms with van der Waals surface area (Å²) in [5, 5.41) is 45.1. The van der Waals surface area contributed by atoms with E-state index in [-0.39, 0.29) is 28.5 Å². The predicted octanol–water partition coefficient (Wildman–Crippen LogP) is -2.07. The van der Waals surface area contributed by atoms with Gasteiger partial charge in [-0.05, 0) is 16.7 Å². The first kappa shape index (κ1) is 34.6. The lowest BCUT2D eigenvalue weighted by Gasteiger charge is -2.20. The molecule has 0 aliphatic carbocycles. The molecule has 5 rings (SSSR count). The van der Waals surface area contributed by atoms with Gasteiger partial charge in [0.2, 0.25) is 5.95 Å². The maximum atomic E-state index is 12.5. The quantitative estimate of drug-likeness (QED) is 0.0329. The molecule has 5 heterocycles.